The van der Waals surface area contributed by atoms with Crippen molar-refractivity contribution >= 4 is 16.8 Å². The molecular weight excluding hydrogens is 257 g/mol. The highest BCUT2D eigenvalue weighted by molar-refractivity contribution is 5.94. The molecule has 1 aromatic carbocycles. The largest absolute Gasteiger partial charge is 0.336 e. The van der Waals surface area contributed by atoms with E-state index in [1.807, 2.05) is 4.90 Å². The van der Waals surface area contributed by atoms with Crippen molar-refractivity contribution in [3.63, 3.8) is 0 Å². The van der Waals surface area contributed by atoms with E-state index in [4.69, 9.17) is 0 Å². The van der Waals surface area contributed by atoms with Crippen molar-refractivity contribution in [3.8, 4) is 0 Å². The molecule has 0 unspecified atom stereocenters. The topological polar surface area (TPSA) is 45.2 Å². The van der Waals surface area contributed by atoms with Gasteiger partial charge in [-0.15, -0.1) is 0 Å². The molecule has 0 bridgehead atoms. The quantitative estimate of drug-likeness (QED) is 0.862. The van der Waals surface area contributed by atoms with Crippen molar-refractivity contribution < 1.29 is 9.18 Å². The molecule has 2 heterocycles. The summed E-state index contributed by atoms with van der Waals surface area (Å²) in [5, 5.41) is 3.97. The summed E-state index contributed by atoms with van der Waals surface area (Å²) >= 11 is 0. The normalized spacial score (nSPS) is 16.1. The summed E-state index contributed by atoms with van der Waals surface area (Å²) < 4.78 is 13.1. The van der Waals surface area contributed by atoms with Crippen LogP contribution in [0.25, 0.3) is 10.9 Å². The molecule has 104 valence electrons. The molecule has 1 fully saturated rings. The van der Waals surface area contributed by atoms with E-state index in [0.29, 0.717) is 23.1 Å². The Morgan fingerprint density at radius 1 is 1.20 bits per heavy atom. The Balaban J connectivity index is 1.89. The van der Waals surface area contributed by atoms with Crippen LogP contribution in [0.5, 0.6) is 0 Å². The molecule has 4 nitrogen and oxygen atoms in total. The number of hydrogen-bond donors (Lipinski definition) is 1. The van der Waals surface area contributed by atoms with Gasteiger partial charge in [0.1, 0.15) is 11.5 Å². The maximum absolute atomic E-state index is 13.1. The summed E-state index contributed by atoms with van der Waals surface area (Å²) in [5.41, 5.74) is 1.07. The van der Waals surface area contributed by atoms with E-state index in [1.165, 1.54) is 12.1 Å². The van der Waals surface area contributed by atoms with Gasteiger partial charge in [0, 0.05) is 25.0 Å². The van der Waals surface area contributed by atoms with Gasteiger partial charge in [-0.05, 0) is 37.2 Å². The van der Waals surface area contributed by atoms with E-state index >= 15 is 0 Å². The van der Waals surface area contributed by atoms with Crippen LogP contribution in [0, 0.1) is 5.82 Å². The van der Waals surface area contributed by atoms with Crippen LogP contribution in [0.3, 0.4) is 0 Å². The van der Waals surface area contributed by atoms with E-state index < -0.39 is 0 Å². The molecule has 20 heavy (non-hydrogen) atoms. The summed E-state index contributed by atoms with van der Waals surface area (Å²) in [6.07, 6.45) is 0.949. The summed E-state index contributed by atoms with van der Waals surface area (Å²) in [7, 11) is 0. The minimum absolute atomic E-state index is 0.0556. The van der Waals surface area contributed by atoms with Gasteiger partial charge in [0.15, 0.2) is 0 Å². The Morgan fingerprint density at radius 3 is 3.00 bits per heavy atom. The number of halogens is 1. The fourth-order valence-corrected chi connectivity index (χ4v) is 2.43. The Hall–Kier alpha value is -2.01. The number of hydrogen-bond acceptors (Lipinski definition) is 3. The van der Waals surface area contributed by atoms with Crippen LogP contribution in [-0.4, -0.2) is 42.0 Å². The molecular formula is C15H16FN3O. The number of benzene rings is 1. The first-order valence-electron chi connectivity index (χ1n) is 6.80. The lowest BCUT2D eigenvalue weighted by Crippen LogP contribution is -2.34. The lowest BCUT2D eigenvalue weighted by Gasteiger charge is -2.19. The monoisotopic (exact) mass is 273 g/mol. The van der Waals surface area contributed by atoms with Crippen LogP contribution >= 0.6 is 0 Å². The number of nitrogens with zero attached hydrogens (tertiary/aromatic N) is 2. The third-order valence-electron chi connectivity index (χ3n) is 3.50. The van der Waals surface area contributed by atoms with Crippen molar-refractivity contribution in [2.75, 3.05) is 26.2 Å². The Morgan fingerprint density at radius 2 is 2.10 bits per heavy atom. The highest BCUT2D eigenvalue weighted by atomic mass is 19.1. The van der Waals surface area contributed by atoms with E-state index in [9.17, 15) is 9.18 Å². The van der Waals surface area contributed by atoms with Gasteiger partial charge in [0.25, 0.3) is 5.91 Å². The van der Waals surface area contributed by atoms with Gasteiger partial charge in [-0.1, -0.05) is 6.07 Å². The molecule has 1 aliphatic rings. The lowest BCUT2D eigenvalue weighted by molar-refractivity contribution is 0.0761. The number of carbonyl (C=O) groups excluding carboxylic acids is 1. The van der Waals surface area contributed by atoms with Crippen molar-refractivity contribution in [2.24, 2.45) is 0 Å². The average molecular weight is 273 g/mol. The molecule has 2 aromatic rings. The maximum Gasteiger partial charge on any atom is 0.272 e. The predicted molar refractivity (Wildman–Crippen MR) is 75.1 cm³/mol. The van der Waals surface area contributed by atoms with Gasteiger partial charge in [-0.25, -0.2) is 9.37 Å². The zero-order chi connectivity index (χ0) is 13.9. The zero-order valence-corrected chi connectivity index (χ0v) is 11.1. The fourth-order valence-electron chi connectivity index (χ4n) is 2.43. The third-order valence-corrected chi connectivity index (χ3v) is 3.50. The molecule has 1 amide bonds. The van der Waals surface area contributed by atoms with Gasteiger partial charge < -0.3 is 10.2 Å². The second-order valence-corrected chi connectivity index (χ2v) is 4.93. The Kier molecular flexibility index (Phi) is 3.60. The van der Waals surface area contributed by atoms with Crippen LogP contribution in [0.15, 0.2) is 30.3 Å². The second-order valence-electron chi connectivity index (χ2n) is 4.93. The number of aromatic nitrogens is 1. The molecule has 1 N–H and O–H groups in total. The third kappa shape index (κ3) is 2.63. The van der Waals surface area contributed by atoms with Gasteiger partial charge in [-0.2, -0.15) is 0 Å². The van der Waals surface area contributed by atoms with E-state index in [0.717, 1.165) is 26.1 Å². The Labute approximate surface area is 116 Å². The first kappa shape index (κ1) is 13.0. The number of carbonyl (C=O) groups is 1. The van der Waals surface area contributed by atoms with Crippen LogP contribution < -0.4 is 5.32 Å². The first-order valence-corrected chi connectivity index (χ1v) is 6.80. The molecule has 0 radical (unpaired) electrons. The smallest absolute Gasteiger partial charge is 0.272 e. The number of pyridine rings is 1. The average Bonchev–Trinajstić information content (AvgIpc) is 2.75. The molecule has 5 heteroatoms. The predicted octanol–water partition coefficient (Wildman–Crippen LogP) is 1.81. The first-order chi connectivity index (χ1) is 9.74. The highest BCUT2D eigenvalue weighted by Crippen LogP contribution is 2.15. The van der Waals surface area contributed by atoms with Crippen molar-refractivity contribution in [3.05, 3.63) is 41.8 Å². The van der Waals surface area contributed by atoms with Gasteiger partial charge >= 0.3 is 0 Å². The number of fused-ring (bicyclic) bond motifs is 1. The fraction of sp³-hybridized carbons (Fsp3) is 0.333. The zero-order valence-electron chi connectivity index (χ0n) is 11.1. The highest BCUT2D eigenvalue weighted by Gasteiger charge is 2.18. The minimum Gasteiger partial charge on any atom is -0.336 e. The number of amides is 1. The van der Waals surface area contributed by atoms with Crippen molar-refractivity contribution in [1.29, 1.82) is 0 Å². The van der Waals surface area contributed by atoms with Crippen molar-refractivity contribution in [1.82, 2.24) is 15.2 Å². The summed E-state index contributed by atoms with van der Waals surface area (Å²) in [5.74, 6) is -0.350. The molecule has 3 rings (SSSR count). The standard InChI is InChI=1S/C15H16FN3O/c16-12-3-5-13-11(10-12)2-4-14(18-13)15(20)19-8-1-6-17-7-9-19/h2-5,10,17H,1,6-9H2. The summed E-state index contributed by atoms with van der Waals surface area (Å²) in [6, 6.07) is 7.80. The summed E-state index contributed by atoms with van der Waals surface area (Å²) in [6.45, 7) is 3.19. The van der Waals surface area contributed by atoms with E-state index in [-0.39, 0.29) is 11.7 Å². The van der Waals surface area contributed by atoms with Crippen LogP contribution in [0.4, 0.5) is 4.39 Å². The van der Waals surface area contributed by atoms with Gasteiger partial charge in [-0.3, -0.25) is 4.79 Å². The SMILES string of the molecule is O=C(c1ccc2cc(F)ccc2n1)N1CCCNCC1. The van der Waals surface area contributed by atoms with Gasteiger partial charge in [0.2, 0.25) is 0 Å². The lowest BCUT2D eigenvalue weighted by atomic mass is 10.2. The summed E-state index contributed by atoms with van der Waals surface area (Å²) in [4.78, 5) is 18.6. The van der Waals surface area contributed by atoms with Crippen LogP contribution in [0.1, 0.15) is 16.9 Å². The molecule has 0 spiro atoms. The molecule has 1 saturated heterocycles. The van der Waals surface area contributed by atoms with Gasteiger partial charge in [0.05, 0.1) is 5.52 Å². The minimum atomic E-state index is -0.294. The maximum atomic E-state index is 13.1. The molecule has 1 aromatic heterocycles. The molecule has 1 aliphatic heterocycles. The molecule has 0 aliphatic carbocycles. The van der Waals surface area contributed by atoms with Crippen LogP contribution in [0.2, 0.25) is 0 Å². The molecule has 0 atom stereocenters. The van der Waals surface area contributed by atoms with E-state index in [2.05, 4.69) is 10.3 Å². The van der Waals surface area contributed by atoms with Crippen LogP contribution in [-0.2, 0) is 0 Å². The van der Waals surface area contributed by atoms with Crippen molar-refractivity contribution in [2.45, 2.75) is 6.42 Å². The Bertz CT molecular complexity index is 636. The second kappa shape index (κ2) is 5.54. The number of rotatable bonds is 1. The molecule has 0 saturated carbocycles. The number of nitrogens with one attached hydrogen (secondary N) is 1. The van der Waals surface area contributed by atoms with E-state index in [1.54, 1.807) is 18.2 Å².